The highest BCUT2D eigenvalue weighted by molar-refractivity contribution is 5.79. The van der Waals surface area contributed by atoms with Crippen molar-refractivity contribution in [3.05, 3.63) is 42.4 Å². The summed E-state index contributed by atoms with van der Waals surface area (Å²) in [6.45, 7) is 2.13. The molecule has 2 aromatic rings. The third kappa shape index (κ3) is 3.36. The Morgan fingerprint density at radius 1 is 1.16 bits per heavy atom. The maximum Gasteiger partial charge on any atom is 0.250 e. The molecule has 132 valence electrons. The van der Waals surface area contributed by atoms with Crippen molar-refractivity contribution in [1.29, 1.82) is 0 Å². The van der Waals surface area contributed by atoms with Gasteiger partial charge >= 0.3 is 0 Å². The van der Waals surface area contributed by atoms with Gasteiger partial charge in [0.1, 0.15) is 11.9 Å². The Balaban J connectivity index is 1.31. The number of fused-ring (bicyclic) bond motifs is 1. The summed E-state index contributed by atoms with van der Waals surface area (Å²) in [5, 5.41) is 0. The van der Waals surface area contributed by atoms with E-state index in [1.165, 1.54) is 12.3 Å². The predicted molar refractivity (Wildman–Crippen MR) is 88.5 cm³/mol. The Morgan fingerprint density at radius 2 is 2.00 bits per heavy atom. The molecule has 6 nitrogen and oxygen atoms in total. The van der Waals surface area contributed by atoms with Crippen LogP contribution in [-0.4, -0.2) is 44.5 Å². The van der Waals surface area contributed by atoms with Gasteiger partial charge in [0.25, 0.3) is 5.88 Å². The van der Waals surface area contributed by atoms with Gasteiger partial charge in [-0.3, -0.25) is 4.79 Å². The van der Waals surface area contributed by atoms with Crippen molar-refractivity contribution in [2.24, 2.45) is 5.92 Å². The van der Waals surface area contributed by atoms with Crippen LogP contribution in [0.4, 0.5) is 4.39 Å². The first-order valence-corrected chi connectivity index (χ1v) is 8.76. The molecular formula is C18H21FN4O2. The normalized spacial score (nSPS) is 21.0. The van der Waals surface area contributed by atoms with Crippen molar-refractivity contribution in [1.82, 2.24) is 19.4 Å². The largest absolute Gasteiger partial charge is 0.472 e. The van der Waals surface area contributed by atoms with Crippen LogP contribution in [0.1, 0.15) is 25.1 Å². The van der Waals surface area contributed by atoms with Crippen LogP contribution in [0.2, 0.25) is 0 Å². The minimum atomic E-state index is -0.446. The van der Waals surface area contributed by atoms with Crippen molar-refractivity contribution in [3.63, 3.8) is 0 Å². The van der Waals surface area contributed by atoms with Gasteiger partial charge in [-0.25, -0.2) is 14.4 Å². The molecule has 0 radical (unpaired) electrons. The Kier molecular flexibility index (Phi) is 4.38. The standard InChI is InChI=1S/C18H21FN4O2/c19-15-2-1-6-21-17(15)25-14-4-9-23(10-5-14)18(24)13-3-8-22-11-7-20-16(22)12-13/h1-2,6-7,11,13-14H,3-5,8-10,12H2. The molecule has 1 atom stereocenters. The van der Waals surface area contributed by atoms with E-state index < -0.39 is 5.82 Å². The number of carbonyl (C=O) groups excluding carboxylic acids is 1. The second-order valence-corrected chi connectivity index (χ2v) is 6.66. The smallest absolute Gasteiger partial charge is 0.250 e. The van der Waals surface area contributed by atoms with E-state index in [-0.39, 0.29) is 23.8 Å². The first-order valence-electron chi connectivity index (χ1n) is 8.76. The number of halogens is 1. The Labute approximate surface area is 145 Å². The van der Waals surface area contributed by atoms with E-state index in [1.54, 1.807) is 12.3 Å². The molecule has 2 aliphatic rings. The molecule has 4 heterocycles. The molecule has 7 heteroatoms. The van der Waals surface area contributed by atoms with Crippen LogP contribution in [0.5, 0.6) is 5.88 Å². The van der Waals surface area contributed by atoms with Crippen LogP contribution < -0.4 is 4.74 Å². The SMILES string of the molecule is O=C(C1CCn2ccnc2C1)N1CCC(Oc2ncccc2F)CC1. The van der Waals surface area contributed by atoms with Gasteiger partial charge in [0, 0.05) is 63.4 Å². The molecule has 1 saturated heterocycles. The van der Waals surface area contributed by atoms with Crippen molar-refractivity contribution >= 4 is 5.91 Å². The van der Waals surface area contributed by atoms with E-state index in [0.29, 0.717) is 32.4 Å². The minimum absolute atomic E-state index is 0.0144. The summed E-state index contributed by atoms with van der Waals surface area (Å²) < 4.78 is 21.4. The second kappa shape index (κ2) is 6.82. The van der Waals surface area contributed by atoms with Gasteiger partial charge < -0.3 is 14.2 Å². The average molecular weight is 344 g/mol. The van der Waals surface area contributed by atoms with Gasteiger partial charge in [0.05, 0.1) is 0 Å². The number of pyridine rings is 1. The number of aromatic nitrogens is 3. The van der Waals surface area contributed by atoms with Gasteiger partial charge in [0.2, 0.25) is 5.91 Å². The topological polar surface area (TPSA) is 60.2 Å². The summed E-state index contributed by atoms with van der Waals surface area (Å²) in [7, 11) is 0. The number of piperidine rings is 1. The van der Waals surface area contributed by atoms with Crippen LogP contribution >= 0.6 is 0 Å². The van der Waals surface area contributed by atoms with E-state index >= 15 is 0 Å². The summed E-state index contributed by atoms with van der Waals surface area (Å²) in [5.41, 5.74) is 0. The van der Waals surface area contributed by atoms with Gasteiger partial charge in [-0.1, -0.05) is 0 Å². The minimum Gasteiger partial charge on any atom is -0.472 e. The van der Waals surface area contributed by atoms with E-state index in [2.05, 4.69) is 14.5 Å². The lowest BCUT2D eigenvalue weighted by Gasteiger charge is -2.35. The molecule has 2 aliphatic heterocycles. The zero-order valence-electron chi connectivity index (χ0n) is 14.0. The third-order valence-corrected chi connectivity index (χ3v) is 5.06. The number of likely N-dealkylation sites (tertiary alicyclic amines) is 1. The number of nitrogens with zero attached hydrogens (tertiary/aromatic N) is 4. The molecule has 0 aliphatic carbocycles. The fourth-order valence-corrected chi connectivity index (χ4v) is 3.63. The maximum absolute atomic E-state index is 13.6. The van der Waals surface area contributed by atoms with Gasteiger partial charge in [-0.15, -0.1) is 0 Å². The highest BCUT2D eigenvalue weighted by Crippen LogP contribution is 2.24. The summed E-state index contributed by atoms with van der Waals surface area (Å²) >= 11 is 0. The predicted octanol–water partition coefficient (Wildman–Crippen LogP) is 2.05. The molecule has 0 spiro atoms. The van der Waals surface area contributed by atoms with Gasteiger partial charge in [-0.05, 0) is 18.6 Å². The summed E-state index contributed by atoms with van der Waals surface area (Å²) in [6.07, 6.45) is 8.14. The molecule has 0 aromatic carbocycles. The number of hydrogen-bond acceptors (Lipinski definition) is 4. The highest BCUT2D eigenvalue weighted by Gasteiger charge is 2.32. The molecule has 0 saturated carbocycles. The van der Waals surface area contributed by atoms with E-state index in [0.717, 1.165) is 18.8 Å². The molecular weight excluding hydrogens is 323 g/mol. The van der Waals surface area contributed by atoms with E-state index in [9.17, 15) is 9.18 Å². The number of amides is 1. The van der Waals surface area contributed by atoms with E-state index in [4.69, 9.17) is 4.74 Å². The van der Waals surface area contributed by atoms with Crippen LogP contribution in [0, 0.1) is 11.7 Å². The quantitative estimate of drug-likeness (QED) is 0.855. The second-order valence-electron chi connectivity index (χ2n) is 6.66. The number of aryl methyl sites for hydroxylation is 1. The lowest BCUT2D eigenvalue weighted by molar-refractivity contribution is -0.138. The fraction of sp³-hybridized carbons (Fsp3) is 0.500. The molecule has 0 bridgehead atoms. The first kappa shape index (κ1) is 16.1. The van der Waals surface area contributed by atoms with Crippen molar-refractivity contribution < 1.29 is 13.9 Å². The molecule has 1 amide bonds. The molecule has 2 aromatic heterocycles. The lowest BCUT2D eigenvalue weighted by Crippen LogP contribution is -2.45. The monoisotopic (exact) mass is 344 g/mol. The molecule has 1 unspecified atom stereocenters. The van der Waals surface area contributed by atoms with Gasteiger partial charge in [-0.2, -0.15) is 0 Å². The summed E-state index contributed by atoms with van der Waals surface area (Å²) in [6, 6.07) is 2.88. The average Bonchev–Trinajstić information content (AvgIpc) is 3.11. The first-order chi connectivity index (χ1) is 12.2. The zero-order chi connectivity index (χ0) is 17.2. The third-order valence-electron chi connectivity index (χ3n) is 5.06. The lowest BCUT2D eigenvalue weighted by atomic mass is 9.95. The Bertz CT molecular complexity index is 755. The molecule has 0 N–H and O–H groups in total. The van der Waals surface area contributed by atoms with Crippen molar-refractivity contribution in [2.45, 2.75) is 38.3 Å². The van der Waals surface area contributed by atoms with E-state index in [1.807, 2.05) is 11.1 Å². The fourth-order valence-electron chi connectivity index (χ4n) is 3.63. The zero-order valence-corrected chi connectivity index (χ0v) is 14.0. The van der Waals surface area contributed by atoms with Crippen molar-refractivity contribution in [3.8, 4) is 5.88 Å². The number of rotatable bonds is 3. The molecule has 1 fully saturated rings. The molecule has 4 rings (SSSR count). The number of carbonyl (C=O) groups is 1. The number of hydrogen-bond donors (Lipinski definition) is 0. The maximum atomic E-state index is 13.6. The summed E-state index contributed by atoms with van der Waals surface area (Å²) in [4.78, 5) is 23.0. The van der Waals surface area contributed by atoms with Gasteiger partial charge in [0.15, 0.2) is 5.82 Å². The van der Waals surface area contributed by atoms with Crippen LogP contribution in [-0.2, 0) is 17.8 Å². The summed E-state index contributed by atoms with van der Waals surface area (Å²) in [5.74, 6) is 0.816. The van der Waals surface area contributed by atoms with Crippen molar-refractivity contribution in [2.75, 3.05) is 13.1 Å². The van der Waals surface area contributed by atoms with Crippen LogP contribution in [0.3, 0.4) is 0 Å². The number of imidazole rings is 1. The van der Waals surface area contributed by atoms with Crippen LogP contribution in [0.15, 0.2) is 30.7 Å². The van der Waals surface area contributed by atoms with Crippen LogP contribution in [0.25, 0.3) is 0 Å². The molecule has 25 heavy (non-hydrogen) atoms. The number of ether oxygens (including phenoxy) is 1. The highest BCUT2D eigenvalue weighted by atomic mass is 19.1. The Hall–Kier alpha value is -2.44. The Morgan fingerprint density at radius 3 is 2.80 bits per heavy atom.